The lowest BCUT2D eigenvalue weighted by atomic mass is 10.2. The number of anilines is 2. The van der Waals surface area contributed by atoms with E-state index in [1.807, 2.05) is 31.2 Å². The third-order valence-corrected chi connectivity index (χ3v) is 5.07. The van der Waals surface area contributed by atoms with Gasteiger partial charge in [-0.2, -0.15) is 0 Å². The van der Waals surface area contributed by atoms with Gasteiger partial charge in [-0.25, -0.2) is 4.79 Å². The number of quaternary nitrogens is 1. The first-order valence-corrected chi connectivity index (χ1v) is 10.1. The van der Waals surface area contributed by atoms with Crippen molar-refractivity contribution in [1.82, 2.24) is 5.32 Å². The van der Waals surface area contributed by atoms with Crippen molar-refractivity contribution in [3.63, 3.8) is 0 Å². The van der Waals surface area contributed by atoms with Crippen LogP contribution in [-0.4, -0.2) is 51.9 Å². The Bertz CT molecular complexity index is 761. The van der Waals surface area contributed by atoms with E-state index in [-0.39, 0.29) is 6.03 Å². The third-order valence-electron chi connectivity index (χ3n) is 4.83. The van der Waals surface area contributed by atoms with E-state index in [1.54, 1.807) is 12.1 Å². The van der Waals surface area contributed by atoms with Gasteiger partial charge in [-0.05, 0) is 49.4 Å². The highest BCUT2D eigenvalue weighted by molar-refractivity contribution is 6.30. The summed E-state index contributed by atoms with van der Waals surface area (Å²) >= 11 is 5.93. The topological polar surface area (TPSA) is 58.0 Å². The number of nitrogens with zero attached hydrogens (tertiary/aromatic N) is 1. The average Bonchev–Trinajstić information content (AvgIpc) is 2.69. The van der Waals surface area contributed by atoms with Gasteiger partial charge in [0.05, 0.1) is 45.9 Å². The first-order valence-electron chi connectivity index (χ1n) is 9.76. The van der Waals surface area contributed by atoms with Crippen molar-refractivity contribution in [2.75, 3.05) is 56.1 Å². The Morgan fingerprint density at radius 1 is 1.18 bits per heavy atom. The lowest BCUT2D eigenvalue weighted by Gasteiger charge is -2.33. The Balaban J connectivity index is 1.35. The molecule has 2 aromatic carbocycles. The van der Waals surface area contributed by atoms with Crippen LogP contribution in [0.25, 0.3) is 0 Å². The zero-order valence-corrected chi connectivity index (χ0v) is 17.0. The average molecular weight is 404 g/mol. The number of halogens is 1. The second-order valence-corrected chi connectivity index (χ2v) is 7.24. The summed E-state index contributed by atoms with van der Waals surface area (Å²) in [5.41, 5.74) is 1.93. The fourth-order valence-corrected chi connectivity index (χ4v) is 3.54. The van der Waals surface area contributed by atoms with Crippen LogP contribution in [0.15, 0.2) is 48.5 Å². The van der Waals surface area contributed by atoms with Crippen LogP contribution in [0.3, 0.4) is 0 Å². The van der Waals surface area contributed by atoms with Crippen LogP contribution in [-0.2, 0) is 0 Å². The van der Waals surface area contributed by atoms with Crippen molar-refractivity contribution in [2.24, 2.45) is 0 Å². The molecule has 2 amide bonds. The van der Waals surface area contributed by atoms with E-state index in [4.69, 9.17) is 16.3 Å². The first-order chi connectivity index (χ1) is 13.6. The van der Waals surface area contributed by atoms with E-state index in [2.05, 4.69) is 27.7 Å². The molecule has 1 fully saturated rings. The van der Waals surface area contributed by atoms with Crippen LogP contribution in [0.1, 0.15) is 6.92 Å². The molecule has 0 aromatic heterocycles. The van der Waals surface area contributed by atoms with Crippen LogP contribution in [0, 0.1) is 0 Å². The molecule has 1 aliphatic rings. The number of carbonyl (C=O) groups excluding carboxylic acids is 1. The molecule has 1 heterocycles. The molecule has 0 radical (unpaired) electrons. The quantitative estimate of drug-likeness (QED) is 0.664. The summed E-state index contributed by atoms with van der Waals surface area (Å²) in [6, 6.07) is 15.2. The monoisotopic (exact) mass is 403 g/mol. The first kappa shape index (κ1) is 20.3. The van der Waals surface area contributed by atoms with Crippen LogP contribution < -0.4 is 25.2 Å². The zero-order valence-electron chi connectivity index (χ0n) is 16.2. The van der Waals surface area contributed by atoms with Gasteiger partial charge in [0.25, 0.3) is 0 Å². The highest BCUT2D eigenvalue weighted by Gasteiger charge is 2.20. The van der Waals surface area contributed by atoms with Crippen molar-refractivity contribution >= 4 is 29.0 Å². The van der Waals surface area contributed by atoms with Gasteiger partial charge in [0.15, 0.2) is 0 Å². The van der Waals surface area contributed by atoms with Crippen molar-refractivity contribution in [1.29, 1.82) is 0 Å². The molecule has 0 atom stereocenters. The number of amides is 2. The minimum Gasteiger partial charge on any atom is -0.494 e. The molecule has 1 saturated heterocycles. The minimum atomic E-state index is -0.199. The maximum absolute atomic E-state index is 12.0. The summed E-state index contributed by atoms with van der Waals surface area (Å²) < 4.78 is 5.50. The molecule has 150 valence electrons. The van der Waals surface area contributed by atoms with Gasteiger partial charge >= 0.3 is 6.03 Å². The largest absolute Gasteiger partial charge is 0.494 e. The summed E-state index contributed by atoms with van der Waals surface area (Å²) in [6.45, 7) is 8.38. The summed E-state index contributed by atoms with van der Waals surface area (Å²) in [4.78, 5) is 15.9. The van der Waals surface area contributed by atoms with Crippen molar-refractivity contribution in [3.05, 3.63) is 53.6 Å². The van der Waals surface area contributed by atoms with E-state index in [9.17, 15) is 4.79 Å². The molecular weight excluding hydrogens is 376 g/mol. The normalized spacial score (nSPS) is 14.6. The summed E-state index contributed by atoms with van der Waals surface area (Å²) in [6.07, 6.45) is 0. The standard InChI is InChI=1S/C21H27ClN4O2/c1-2-28-20-8-6-19(7-9-20)26-14-12-25(13-15-26)11-10-23-21(27)24-18-5-3-4-17(22)16-18/h3-9,16H,2,10-15H2,1H3,(H2,23,24,27)/p+1. The van der Waals surface area contributed by atoms with Crippen LogP contribution in [0.2, 0.25) is 5.02 Å². The smallest absolute Gasteiger partial charge is 0.319 e. The number of hydrogen-bond donors (Lipinski definition) is 3. The highest BCUT2D eigenvalue weighted by Crippen LogP contribution is 2.19. The second-order valence-electron chi connectivity index (χ2n) is 6.81. The summed E-state index contributed by atoms with van der Waals surface area (Å²) in [5.74, 6) is 0.914. The lowest BCUT2D eigenvalue weighted by molar-refractivity contribution is -0.899. The van der Waals surface area contributed by atoms with E-state index >= 15 is 0 Å². The number of hydrogen-bond acceptors (Lipinski definition) is 3. The van der Waals surface area contributed by atoms with Gasteiger partial charge in [-0.3, -0.25) is 0 Å². The number of urea groups is 1. The Labute approximate surface area is 171 Å². The molecular formula is C21H28ClN4O2+. The predicted octanol–water partition coefficient (Wildman–Crippen LogP) is 2.27. The Morgan fingerprint density at radius 2 is 1.93 bits per heavy atom. The number of carbonyl (C=O) groups is 1. The highest BCUT2D eigenvalue weighted by atomic mass is 35.5. The van der Waals surface area contributed by atoms with E-state index in [0.29, 0.717) is 23.9 Å². The van der Waals surface area contributed by atoms with Gasteiger partial charge in [-0.15, -0.1) is 0 Å². The molecule has 28 heavy (non-hydrogen) atoms. The molecule has 0 unspecified atom stereocenters. The molecule has 0 saturated carbocycles. The Hall–Kier alpha value is -2.44. The summed E-state index contributed by atoms with van der Waals surface area (Å²) in [5, 5.41) is 6.32. The number of ether oxygens (including phenoxy) is 1. The molecule has 0 spiro atoms. The Morgan fingerprint density at radius 3 is 2.61 bits per heavy atom. The molecule has 7 heteroatoms. The maximum Gasteiger partial charge on any atom is 0.319 e. The van der Waals surface area contributed by atoms with Gasteiger partial charge < -0.3 is 25.2 Å². The third kappa shape index (κ3) is 6.04. The van der Waals surface area contributed by atoms with Gasteiger partial charge in [0, 0.05) is 16.4 Å². The molecule has 3 N–H and O–H groups in total. The molecule has 3 rings (SSSR count). The van der Waals surface area contributed by atoms with Crippen molar-refractivity contribution in [3.8, 4) is 5.75 Å². The minimum absolute atomic E-state index is 0.199. The van der Waals surface area contributed by atoms with Crippen LogP contribution in [0.5, 0.6) is 5.75 Å². The number of benzene rings is 2. The number of rotatable bonds is 7. The van der Waals surface area contributed by atoms with E-state index < -0.39 is 0 Å². The van der Waals surface area contributed by atoms with Crippen LogP contribution >= 0.6 is 11.6 Å². The van der Waals surface area contributed by atoms with Crippen molar-refractivity contribution in [2.45, 2.75) is 6.92 Å². The molecule has 0 bridgehead atoms. The van der Waals surface area contributed by atoms with Gasteiger partial charge in [0.2, 0.25) is 0 Å². The zero-order chi connectivity index (χ0) is 19.8. The lowest BCUT2D eigenvalue weighted by Crippen LogP contribution is -3.15. The Kier molecular flexibility index (Phi) is 7.39. The second kappa shape index (κ2) is 10.2. The molecule has 0 aliphatic carbocycles. The number of piperazine rings is 1. The van der Waals surface area contributed by atoms with Gasteiger partial charge in [0.1, 0.15) is 5.75 Å². The molecule has 2 aromatic rings. The van der Waals surface area contributed by atoms with E-state index in [0.717, 1.165) is 38.5 Å². The van der Waals surface area contributed by atoms with Crippen LogP contribution in [0.4, 0.5) is 16.2 Å². The molecule has 1 aliphatic heterocycles. The van der Waals surface area contributed by atoms with Crippen molar-refractivity contribution < 1.29 is 14.4 Å². The predicted molar refractivity (Wildman–Crippen MR) is 114 cm³/mol. The fraction of sp³-hybridized carbons (Fsp3) is 0.381. The van der Waals surface area contributed by atoms with Gasteiger partial charge in [-0.1, -0.05) is 17.7 Å². The summed E-state index contributed by atoms with van der Waals surface area (Å²) in [7, 11) is 0. The fourth-order valence-electron chi connectivity index (χ4n) is 3.35. The van der Waals surface area contributed by atoms with E-state index in [1.165, 1.54) is 10.6 Å². The number of nitrogens with one attached hydrogen (secondary N) is 3. The molecule has 6 nitrogen and oxygen atoms in total. The maximum atomic E-state index is 12.0. The SMILES string of the molecule is CCOc1ccc(N2CC[NH+](CCNC(=O)Nc3cccc(Cl)c3)CC2)cc1.